The summed E-state index contributed by atoms with van der Waals surface area (Å²) in [5.74, 6) is 8.25. The molecule has 17 heavy (non-hydrogen) atoms. The number of para-hydroxylation sites is 2. The van der Waals surface area contributed by atoms with E-state index in [1.54, 1.807) is 0 Å². The van der Waals surface area contributed by atoms with Gasteiger partial charge in [-0.15, -0.1) is 19.3 Å². The van der Waals surface area contributed by atoms with Crippen molar-refractivity contribution in [3.8, 4) is 42.8 Å². The molecule has 84 valence electrons. The van der Waals surface area contributed by atoms with E-state index in [2.05, 4.69) is 17.8 Å². The molecular weight excluding hydrogens is 210 g/mol. The molecule has 0 aliphatic carbocycles. The maximum absolute atomic E-state index is 5.44. The second-order valence-electron chi connectivity index (χ2n) is 3.22. The first-order valence-corrected chi connectivity index (χ1v) is 5.10. The van der Waals surface area contributed by atoms with E-state index in [1.807, 2.05) is 29.2 Å². The molecule has 1 aromatic rings. The number of nitrogens with zero attached hydrogens (tertiary/aromatic N) is 1. The summed E-state index contributed by atoms with van der Waals surface area (Å²) in [6.45, 7) is 1.08. The lowest BCUT2D eigenvalue weighted by Gasteiger charge is -2.22. The van der Waals surface area contributed by atoms with Gasteiger partial charge in [-0.2, -0.15) is 0 Å². The van der Waals surface area contributed by atoms with E-state index >= 15 is 0 Å². The first kappa shape index (κ1) is 12.6. The first-order chi connectivity index (χ1) is 8.33. The Labute approximate surface area is 103 Å². The molecule has 2 heteroatoms. The highest BCUT2D eigenvalue weighted by molar-refractivity contribution is 5.59. The Bertz CT molecular complexity index is 469. The van der Waals surface area contributed by atoms with Gasteiger partial charge in [0.1, 0.15) is 12.4 Å². The molecule has 0 unspecified atom stereocenters. The number of ether oxygens (including phenoxy) is 1. The molecule has 2 nitrogen and oxygen atoms in total. The zero-order valence-corrected chi connectivity index (χ0v) is 9.52. The summed E-state index contributed by atoms with van der Waals surface area (Å²) < 4.78 is 5.44. The van der Waals surface area contributed by atoms with Gasteiger partial charge in [-0.05, 0) is 12.1 Å². The van der Waals surface area contributed by atoms with Gasteiger partial charge in [0.2, 0.25) is 0 Å². The summed E-state index contributed by atoms with van der Waals surface area (Å²) in [7, 11) is 0. The molecule has 0 saturated carbocycles. The average Bonchev–Trinajstić information content (AvgIpc) is 2.36. The first-order valence-electron chi connectivity index (χ1n) is 5.10. The van der Waals surface area contributed by atoms with Gasteiger partial charge in [-0.25, -0.2) is 0 Å². The SMILES string of the molecule is C#CCOc1ccccc1N(CC#C)CC#C. The molecule has 0 N–H and O–H groups in total. The molecule has 0 aromatic heterocycles. The highest BCUT2D eigenvalue weighted by atomic mass is 16.5. The minimum Gasteiger partial charge on any atom is -0.479 e. The van der Waals surface area contributed by atoms with Gasteiger partial charge in [0.05, 0.1) is 18.8 Å². The number of hydrogen-bond donors (Lipinski definition) is 0. The Hall–Kier alpha value is -2.50. The van der Waals surface area contributed by atoms with Gasteiger partial charge < -0.3 is 9.64 Å². The van der Waals surface area contributed by atoms with Gasteiger partial charge in [0, 0.05) is 0 Å². The summed E-state index contributed by atoms with van der Waals surface area (Å²) in [6, 6.07) is 7.52. The summed E-state index contributed by atoms with van der Waals surface area (Å²) >= 11 is 0. The van der Waals surface area contributed by atoms with Crippen molar-refractivity contribution in [2.24, 2.45) is 0 Å². The van der Waals surface area contributed by atoms with Crippen molar-refractivity contribution < 1.29 is 4.74 Å². The number of terminal acetylenes is 3. The lowest BCUT2D eigenvalue weighted by Crippen LogP contribution is -2.24. The maximum Gasteiger partial charge on any atom is 0.148 e. The fourth-order valence-corrected chi connectivity index (χ4v) is 1.41. The van der Waals surface area contributed by atoms with Gasteiger partial charge in [-0.3, -0.25) is 0 Å². The van der Waals surface area contributed by atoms with E-state index in [1.165, 1.54) is 0 Å². The molecule has 0 fully saturated rings. The summed E-state index contributed by atoms with van der Waals surface area (Å²) in [5, 5.41) is 0. The van der Waals surface area contributed by atoms with Crippen molar-refractivity contribution in [1.82, 2.24) is 0 Å². The van der Waals surface area contributed by atoms with Crippen LogP contribution < -0.4 is 9.64 Å². The van der Waals surface area contributed by atoms with Gasteiger partial charge in [-0.1, -0.05) is 29.9 Å². The Morgan fingerprint density at radius 1 is 1.00 bits per heavy atom. The van der Waals surface area contributed by atoms with Crippen LogP contribution in [0.3, 0.4) is 0 Å². The lowest BCUT2D eigenvalue weighted by atomic mass is 10.2. The highest BCUT2D eigenvalue weighted by Crippen LogP contribution is 2.27. The van der Waals surface area contributed by atoms with Crippen LogP contribution in [-0.2, 0) is 0 Å². The van der Waals surface area contributed by atoms with E-state index in [9.17, 15) is 0 Å². The van der Waals surface area contributed by atoms with Crippen LogP contribution in [0.4, 0.5) is 5.69 Å². The van der Waals surface area contributed by atoms with E-state index in [0.29, 0.717) is 18.8 Å². The predicted octanol–water partition coefficient (Wildman–Crippen LogP) is 1.77. The minimum atomic E-state index is 0.219. The molecular formula is C15H13NO. The van der Waals surface area contributed by atoms with Crippen molar-refractivity contribution in [3.05, 3.63) is 24.3 Å². The summed E-state index contributed by atoms with van der Waals surface area (Å²) in [4.78, 5) is 1.88. The van der Waals surface area contributed by atoms with Crippen molar-refractivity contribution in [1.29, 1.82) is 0 Å². The van der Waals surface area contributed by atoms with Crippen LogP contribution in [0, 0.1) is 37.0 Å². The third-order valence-corrected chi connectivity index (χ3v) is 2.08. The topological polar surface area (TPSA) is 12.5 Å². The van der Waals surface area contributed by atoms with E-state index in [0.717, 1.165) is 5.69 Å². The van der Waals surface area contributed by atoms with E-state index < -0.39 is 0 Å². The number of anilines is 1. The third-order valence-electron chi connectivity index (χ3n) is 2.08. The van der Waals surface area contributed by atoms with Gasteiger partial charge >= 0.3 is 0 Å². The largest absolute Gasteiger partial charge is 0.479 e. The molecule has 0 aliphatic rings. The molecule has 0 saturated heterocycles. The molecule has 0 radical (unpaired) electrons. The molecule has 0 amide bonds. The molecule has 0 atom stereocenters. The van der Waals surface area contributed by atoms with Crippen LogP contribution in [0.1, 0.15) is 0 Å². The normalized spacial score (nSPS) is 8.53. The van der Waals surface area contributed by atoms with Crippen LogP contribution >= 0.6 is 0 Å². The summed E-state index contributed by atoms with van der Waals surface area (Å²) in [5.41, 5.74) is 0.860. The quantitative estimate of drug-likeness (QED) is 0.705. The maximum atomic E-state index is 5.44. The minimum absolute atomic E-state index is 0.219. The van der Waals surface area contributed by atoms with Gasteiger partial charge in [0.15, 0.2) is 0 Å². The molecule has 1 aromatic carbocycles. The standard InChI is InChI=1S/C15H13NO/c1-4-11-16(12-5-2)14-9-7-8-10-15(14)17-13-6-3/h1-3,7-10H,11-13H2. The average molecular weight is 223 g/mol. The molecule has 0 heterocycles. The van der Waals surface area contributed by atoms with Crippen LogP contribution in [0.2, 0.25) is 0 Å². The second kappa shape index (κ2) is 6.89. The van der Waals surface area contributed by atoms with Crippen molar-refractivity contribution in [3.63, 3.8) is 0 Å². The monoisotopic (exact) mass is 223 g/mol. The van der Waals surface area contributed by atoms with Crippen molar-refractivity contribution >= 4 is 5.69 Å². The third kappa shape index (κ3) is 3.53. The number of rotatable bonds is 5. The van der Waals surface area contributed by atoms with Crippen molar-refractivity contribution in [2.75, 3.05) is 24.6 Å². The highest BCUT2D eigenvalue weighted by Gasteiger charge is 2.09. The fraction of sp³-hybridized carbons (Fsp3) is 0.200. The van der Waals surface area contributed by atoms with Crippen LogP contribution in [-0.4, -0.2) is 19.7 Å². The smallest absolute Gasteiger partial charge is 0.148 e. The Morgan fingerprint density at radius 3 is 2.24 bits per heavy atom. The molecule has 0 bridgehead atoms. The lowest BCUT2D eigenvalue weighted by molar-refractivity contribution is 0.371. The van der Waals surface area contributed by atoms with E-state index in [-0.39, 0.29) is 6.61 Å². The molecule has 0 aliphatic heterocycles. The van der Waals surface area contributed by atoms with Crippen LogP contribution in [0.15, 0.2) is 24.3 Å². The zero-order valence-electron chi connectivity index (χ0n) is 9.52. The zero-order chi connectivity index (χ0) is 12.5. The summed E-state index contributed by atoms with van der Waals surface area (Å²) in [6.07, 6.45) is 15.8. The van der Waals surface area contributed by atoms with Crippen LogP contribution in [0.25, 0.3) is 0 Å². The van der Waals surface area contributed by atoms with Crippen LogP contribution in [0.5, 0.6) is 5.75 Å². The van der Waals surface area contributed by atoms with Crippen molar-refractivity contribution in [2.45, 2.75) is 0 Å². The second-order valence-corrected chi connectivity index (χ2v) is 3.22. The molecule has 0 spiro atoms. The molecule has 1 rings (SSSR count). The number of benzene rings is 1. The van der Waals surface area contributed by atoms with Gasteiger partial charge in [0.25, 0.3) is 0 Å². The Balaban J connectivity index is 2.98. The Morgan fingerprint density at radius 2 is 1.65 bits per heavy atom. The van der Waals surface area contributed by atoms with E-state index in [4.69, 9.17) is 24.0 Å². The number of hydrogen-bond acceptors (Lipinski definition) is 2. The Kier molecular flexibility index (Phi) is 5.09. The predicted molar refractivity (Wildman–Crippen MR) is 70.6 cm³/mol. The fourth-order valence-electron chi connectivity index (χ4n) is 1.41.